The average Bonchev–Trinajstić information content (AvgIpc) is 2.37. The molecule has 0 aliphatic rings. The maximum absolute atomic E-state index is 12.3. The SMILES string of the molecule is CCCN(CCC)S(=O)(=O)Nc1ccc(C(=O)O)c(C)c1. The smallest absolute Gasteiger partial charge is 0.335 e. The molecule has 0 heterocycles. The van der Waals surface area contributed by atoms with Crippen molar-refractivity contribution in [3.8, 4) is 0 Å². The Morgan fingerprint density at radius 2 is 1.81 bits per heavy atom. The highest BCUT2D eigenvalue weighted by Crippen LogP contribution is 2.17. The van der Waals surface area contributed by atoms with Crippen LogP contribution in [0.1, 0.15) is 42.6 Å². The van der Waals surface area contributed by atoms with Crippen molar-refractivity contribution in [1.29, 1.82) is 0 Å². The molecule has 6 nitrogen and oxygen atoms in total. The van der Waals surface area contributed by atoms with Gasteiger partial charge in [-0.25, -0.2) is 4.79 Å². The lowest BCUT2D eigenvalue weighted by Gasteiger charge is -2.22. The van der Waals surface area contributed by atoms with Crippen LogP contribution < -0.4 is 4.72 Å². The van der Waals surface area contributed by atoms with Crippen molar-refractivity contribution in [2.45, 2.75) is 33.6 Å². The highest BCUT2D eigenvalue weighted by atomic mass is 32.2. The fraction of sp³-hybridized carbons (Fsp3) is 0.500. The number of hydrogen-bond donors (Lipinski definition) is 2. The first-order chi connectivity index (χ1) is 9.81. The summed E-state index contributed by atoms with van der Waals surface area (Å²) in [6, 6.07) is 4.39. The standard InChI is InChI=1S/C14H22N2O4S/c1-4-8-16(9-5-2)21(19,20)15-12-6-7-13(14(17)18)11(3)10-12/h6-7,10,15H,4-5,8-9H2,1-3H3,(H,17,18). The molecule has 21 heavy (non-hydrogen) atoms. The molecule has 1 aromatic rings. The van der Waals surface area contributed by atoms with E-state index in [2.05, 4.69) is 4.72 Å². The summed E-state index contributed by atoms with van der Waals surface area (Å²) in [7, 11) is -3.61. The predicted molar refractivity (Wildman–Crippen MR) is 82.8 cm³/mol. The van der Waals surface area contributed by atoms with Crippen LogP contribution in [0.15, 0.2) is 18.2 Å². The fourth-order valence-electron chi connectivity index (χ4n) is 2.03. The van der Waals surface area contributed by atoms with Crippen LogP contribution in [0.5, 0.6) is 0 Å². The first-order valence-corrected chi connectivity index (χ1v) is 8.37. The molecule has 1 rings (SSSR count). The Bertz CT molecular complexity index is 593. The van der Waals surface area contributed by atoms with Gasteiger partial charge < -0.3 is 5.11 Å². The highest BCUT2D eigenvalue weighted by molar-refractivity contribution is 7.90. The number of nitrogens with zero attached hydrogens (tertiary/aromatic N) is 1. The number of hydrogen-bond acceptors (Lipinski definition) is 3. The summed E-state index contributed by atoms with van der Waals surface area (Å²) in [5, 5.41) is 8.97. The minimum Gasteiger partial charge on any atom is -0.478 e. The van der Waals surface area contributed by atoms with Crippen LogP contribution in [-0.4, -0.2) is 36.9 Å². The van der Waals surface area contributed by atoms with Gasteiger partial charge in [-0.2, -0.15) is 12.7 Å². The maximum atomic E-state index is 12.3. The normalized spacial score (nSPS) is 11.6. The monoisotopic (exact) mass is 314 g/mol. The minimum absolute atomic E-state index is 0.164. The van der Waals surface area contributed by atoms with Crippen LogP contribution in [0.3, 0.4) is 0 Å². The van der Waals surface area contributed by atoms with Crippen LogP contribution in [-0.2, 0) is 10.2 Å². The number of carboxylic acids is 1. The summed E-state index contributed by atoms with van der Waals surface area (Å²) >= 11 is 0. The number of nitrogens with one attached hydrogen (secondary N) is 1. The van der Waals surface area contributed by atoms with Gasteiger partial charge in [-0.3, -0.25) is 4.72 Å². The van der Waals surface area contributed by atoms with E-state index in [1.807, 2.05) is 13.8 Å². The van der Waals surface area contributed by atoms with Crippen molar-refractivity contribution in [2.75, 3.05) is 17.8 Å². The molecule has 0 atom stereocenters. The fourth-order valence-corrected chi connectivity index (χ4v) is 3.43. The molecule has 0 aliphatic carbocycles. The van der Waals surface area contributed by atoms with Crippen molar-refractivity contribution in [1.82, 2.24) is 4.31 Å². The topological polar surface area (TPSA) is 86.7 Å². The minimum atomic E-state index is -3.61. The van der Waals surface area contributed by atoms with Crippen LogP contribution >= 0.6 is 0 Å². The van der Waals surface area contributed by atoms with Gasteiger partial charge in [0.2, 0.25) is 0 Å². The number of rotatable bonds is 8. The van der Waals surface area contributed by atoms with E-state index in [-0.39, 0.29) is 5.56 Å². The van der Waals surface area contributed by atoms with Crippen LogP contribution in [0.2, 0.25) is 0 Å². The first-order valence-electron chi connectivity index (χ1n) is 6.93. The van der Waals surface area contributed by atoms with Gasteiger partial charge in [-0.05, 0) is 43.5 Å². The Labute approximate surface area is 126 Å². The van der Waals surface area contributed by atoms with Crippen molar-refractivity contribution >= 4 is 21.9 Å². The molecule has 0 saturated heterocycles. The molecule has 118 valence electrons. The second-order valence-corrected chi connectivity index (χ2v) is 6.51. The van der Waals surface area contributed by atoms with Crippen molar-refractivity contribution < 1.29 is 18.3 Å². The molecule has 0 saturated carbocycles. The van der Waals surface area contributed by atoms with Crippen molar-refractivity contribution in [2.24, 2.45) is 0 Å². The number of benzene rings is 1. The molecule has 0 spiro atoms. The third-order valence-electron chi connectivity index (χ3n) is 2.99. The van der Waals surface area contributed by atoms with Gasteiger partial charge in [0.1, 0.15) is 0 Å². The van der Waals surface area contributed by atoms with E-state index in [4.69, 9.17) is 5.11 Å². The lowest BCUT2D eigenvalue weighted by molar-refractivity contribution is 0.0696. The maximum Gasteiger partial charge on any atom is 0.335 e. The van der Waals surface area contributed by atoms with Crippen LogP contribution in [0.4, 0.5) is 5.69 Å². The molecule has 0 amide bonds. The van der Waals surface area contributed by atoms with E-state index in [9.17, 15) is 13.2 Å². The zero-order valence-electron chi connectivity index (χ0n) is 12.6. The van der Waals surface area contributed by atoms with Gasteiger partial charge in [-0.1, -0.05) is 13.8 Å². The van der Waals surface area contributed by atoms with Crippen molar-refractivity contribution in [3.63, 3.8) is 0 Å². The lowest BCUT2D eigenvalue weighted by Crippen LogP contribution is -2.37. The van der Waals surface area contributed by atoms with E-state index in [1.165, 1.54) is 22.5 Å². The van der Waals surface area contributed by atoms with Gasteiger partial charge >= 0.3 is 16.2 Å². The van der Waals surface area contributed by atoms with Gasteiger partial charge in [0.25, 0.3) is 0 Å². The summed E-state index contributed by atoms with van der Waals surface area (Å²) < 4.78 is 28.5. The summed E-state index contributed by atoms with van der Waals surface area (Å²) in [5.74, 6) is -1.03. The first kappa shape index (κ1) is 17.5. The quantitative estimate of drug-likeness (QED) is 0.771. The van der Waals surface area contributed by atoms with E-state index in [0.717, 1.165) is 12.8 Å². The van der Waals surface area contributed by atoms with Crippen LogP contribution in [0, 0.1) is 6.92 Å². The van der Waals surface area contributed by atoms with E-state index in [1.54, 1.807) is 6.92 Å². The predicted octanol–water partition coefficient (Wildman–Crippen LogP) is 2.47. The molecule has 1 aromatic carbocycles. The largest absolute Gasteiger partial charge is 0.478 e. The molecule has 0 bridgehead atoms. The molecule has 0 aromatic heterocycles. The molecular formula is C14H22N2O4S. The number of carbonyl (C=O) groups is 1. The summed E-state index contributed by atoms with van der Waals surface area (Å²) in [6.07, 6.45) is 1.47. The molecule has 7 heteroatoms. The Morgan fingerprint density at radius 3 is 2.24 bits per heavy atom. The van der Waals surface area contributed by atoms with E-state index < -0.39 is 16.2 Å². The molecule has 0 radical (unpaired) electrons. The molecular weight excluding hydrogens is 292 g/mol. The van der Waals surface area contributed by atoms with Crippen LogP contribution in [0.25, 0.3) is 0 Å². The Kier molecular flexibility index (Phi) is 6.17. The molecule has 2 N–H and O–H groups in total. The summed E-state index contributed by atoms with van der Waals surface area (Å²) in [4.78, 5) is 10.9. The highest BCUT2D eigenvalue weighted by Gasteiger charge is 2.20. The number of anilines is 1. The third kappa shape index (κ3) is 4.71. The second-order valence-electron chi connectivity index (χ2n) is 4.84. The third-order valence-corrected chi connectivity index (χ3v) is 4.53. The number of aryl methyl sites for hydroxylation is 1. The van der Waals surface area contributed by atoms with Gasteiger partial charge in [0.05, 0.1) is 11.3 Å². The second kappa shape index (κ2) is 7.42. The molecule has 0 unspecified atom stereocenters. The molecule has 0 fully saturated rings. The Hall–Kier alpha value is -1.60. The van der Waals surface area contributed by atoms with Gasteiger partial charge in [0, 0.05) is 13.1 Å². The summed E-state index contributed by atoms with van der Waals surface area (Å²) in [5.41, 5.74) is 1.05. The summed E-state index contributed by atoms with van der Waals surface area (Å²) in [6.45, 7) is 6.38. The van der Waals surface area contributed by atoms with Gasteiger partial charge in [0.15, 0.2) is 0 Å². The van der Waals surface area contributed by atoms with Crippen molar-refractivity contribution in [3.05, 3.63) is 29.3 Å². The zero-order valence-corrected chi connectivity index (χ0v) is 13.4. The van der Waals surface area contributed by atoms with E-state index >= 15 is 0 Å². The van der Waals surface area contributed by atoms with E-state index in [0.29, 0.717) is 24.3 Å². The Balaban J connectivity index is 2.97. The Morgan fingerprint density at radius 1 is 1.24 bits per heavy atom. The molecule has 0 aliphatic heterocycles. The van der Waals surface area contributed by atoms with Gasteiger partial charge in [-0.15, -0.1) is 0 Å². The zero-order chi connectivity index (χ0) is 16.0. The average molecular weight is 314 g/mol. The lowest BCUT2D eigenvalue weighted by atomic mass is 10.1. The number of aromatic carboxylic acids is 1. The number of carboxylic acid groups (broad SMARTS) is 1.